The molecule has 0 spiro atoms. The number of nitrogens with one attached hydrogen (secondary N) is 1. The van der Waals surface area contributed by atoms with E-state index in [1.807, 2.05) is 0 Å². The summed E-state index contributed by atoms with van der Waals surface area (Å²) in [5.41, 5.74) is 1.07. The molecule has 2 aromatic carbocycles. The predicted octanol–water partition coefficient (Wildman–Crippen LogP) is 3.11. The SMILES string of the molecule is COc1ccc(C(=O)NCC2CN(c3cccc(Cl)c3)C(=O)O2)cc1OC. The number of amides is 2. The molecule has 3 rings (SSSR count). The minimum absolute atomic E-state index is 0.190. The zero-order valence-corrected chi connectivity index (χ0v) is 15.7. The molecule has 1 N–H and O–H groups in total. The van der Waals surface area contributed by atoms with Crippen LogP contribution in [-0.4, -0.2) is 45.4 Å². The van der Waals surface area contributed by atoms with E-state index in [4.69, 9.17) is 25.8 Å². The predicted molar refractivity (Wildman–Crippen MR) is 101 cm³/mol. The van der Waals surface area contributed by atoms with E-state index in [1.165, 1.54) is 19.1 Å². The van der Waals surface area contributed by atoms with Crippen molar-refractivity contribution < 1.29 is 23.8 Å². The Bertz CT molecular complexity index is 858. The lowest BCUT2D eigenvalue weighted by atomic mass is 10.2. The van der Waals surface area contributed by atoms with Gasteiger partial charge < -0.3 is 19.5 Å². The van der Waals surface area contributed by atoms with E-state index >= 15 is 0 Å². The van der Waals surface area contributed by atoms with Crippen LogP contribution in [0.5, 0.6) is 11.5 Å². The molecular weight excluding hydrogens is 372 g/mol. The van der Waals surface area contributed by atoms with Crippen LogP contribution < -0.4 is 19.7 Å². The first-order valence-corrected chi connectivity index (χ1v) is 8.63. The number of anilines is 1. The molecule has 7 nitrogen and oxygen atoms in total. The molecule has 1 atom stereocenters. The van der Waals surface area contributed by atoms with Crippen molar-refractivity contribution in [1.82, 2.24) is 5.32 Å². The Hall–Kier alpha value is -2.93. The van der Waals surface area contributed by atoms with Crippen molar-refractivity contribution in [2.75, 3.05) is 32.2 Å². The Morgan fingerprint density at radius 1 is 1.22 bits per heavy atom. The second kappa shape index (κ2) is 8.18. The number of cyclic esters (lactones) is 1. The van der Waals surface area contributed by atoms with E-state index in [1.54, 1.807) is 42.5 Å². The third-order valence-corrected chi connectivity index (χ3v) is 4.37. The number of methoxy groups -OCH3 is 2. The highest BCUT2D eigenvalue weighted by Crippen LogP contribution is 2.28. The lowest BCUT2D eigenvalue weighted by Gasteiger charge is -2.13. The van der Waals surface area contributed by atoms with Crippen LogP contribution in [0.25, 0.3) is 0 Å². The molecule has 1 fully saturated rings. The smallest absolute Gasteiger partial charge is 0.414 e. The lowest BCUT2D eigenvalue weighted by molar-refractivity contribution is 0.0915. The van der Waals surface area contributed by atoms with Crippen LogP contribution in [0.4, 0.5) is 10.5 Å². The third kappa shape index (κ3) is 4.25. The average Bonchev–Trinajstić information content (AvgIpc) is 3.06. The molecule has 0 radical (unpaired) electrons. The summed E-state index contributed by atoms with van der Waals surface area (Å²) in [4.78, 5) is 25.9. The highest BCUT2D eigenvalue weighted by atomic mass is 35.5. The topological polar surface area (TPSA) is 77.1 Å². The van der Waals surface area contributed by atoms with E-state index in [9.17, 15) is 9.59 Å². The molecule has 1 aliphatic rings. The molecule has 142 valence electrons. The van der Waals surface area contributed by atoms with Gasteiger partial charge in [-0.25, -0.2) is 4.79 Å². The van der Waals surface area contributed by atoms with Crippen molar-refractivity contribution in [3.8, 4) is 11.5 Å². The van der Waals surface area contributed by atoms with Crippen LogP contribution >= 0.6 is 11.6 Å². The molecular formula is C19H19ClN2O5. The number of hydrogen-bond acceptors (Lipinski definition) is 5. The van der Waals surface area contributed by atoms with E-state index in [0.29, 0.717) is 34.3 Å². The second-order valence-electron chi connectivity index (χ2n) is 5.88. The van der Waals surface area contributed by atoms with Crippen LogP contribution in [0.3, 0.4) is 0 Å². The molecule has 1 aliphatic heterocycles. The van der Waals surface area contributed by atoms with E-state index in [2.05, 4.69) is 5.32 Å². The molecule has 1 heterocycles. The summed E-state index contributed by atoms with van der Waals surface area (Å²) in [6.07, 6.45) is -0.928. The standard InChI is InChI=1S/C19H19ClN2O5/c1-25-16-7-6-12(8-17(16)26-2)18(23)21-10-15-11-22(19(24)27-15)14-5-3-4-13(20)9-14/h3-9,15H,10-11H2,1-2H3,(H,21,23). The van der Waals surface area contributed by atoms with Crippen LogP contribution in [0.2, 0.25) is 5.02 Å². The van der Waals surface area contributed by atoms with Gasteiger partial charge in [0.1, 0.15) is 6.10 Å². The fraction of sp³-hybridized carbons (Fsp3) is 0.263. The molecule has 0 saturated carbocycles. The van der Waals surface area contributed by atoms with Gasteiger partial charge in [-0.3, -0.25) is 9.69 Å². The molecule has 2 amide bonds. The summed E-state index contributed by atoms with van der Waals surface area (Å²) in [7, 11) is 3.03. The van der Waals surface area contributed by atoms with Crippen LogP contribution in [0, 0.1) is 0 Å². The number of benzene rings is 2. The maximum Gasteiger partial charge on any atom is 0.414 e. The van der Waals surface area contributed by atoms with Crippen molar-refractivity contribution in [3.63, 3.8) is 0 Å². The summed E-state index contributed by atoms with van der Waals surface area (Å²) in [5, 5.41) is 3.30. The highest BCUT2D eigenvalue weighted by Gasteiger charge is 2.32. The zero-order chi connectivity index (χ0) is 19.4. The van der Waals surface area contributed by atoms with Crippen molar-refractivity contribution in [2.24, 2.45) is 0 Å². The third-order valence-electron chi connectivity index (χ3n) is 4.13. The molecule has 0 aromatic heterocycles. The number of hydrogen-bond donors (Lipinski definition) is 1. The quantitative estimate of drug-likeness (QED) is 0.820. The van der Waals surface area contributed by atoms with Crippen molar-refractivity contribution >= 4 is 29.3 Å². The largest absolute Gasteiger partial charge is 0.493 e. The fourth-order valence-corrected chi connectivity index (χ4v) is 2.95. The van der Waals surface area contributed by atoms with Gasteiger partial charge >= 0.3 is 6.09 Å². The number of carbonyl (C=O) groups is 2. The van der Waals surface area contributed by atoms with Gasteiger partial charge in [0, 0.05) is 16.3 Å². The zero-order valence-electron chi connectivity index (χ0n) is 14.9. The Balaban J connectivity index is 1.60. The van der Waals surface area contributed by atoms with E-state index in [-0.39, 0.29) is 12.5 Å². The maximum absolute atomic E-state index is 12.4. The fourth-order valence-electron chi connectivity index (χ4n) is 2.77. The number of rotatable bonds is 6. The van der Waals surface area contributed by atoms with Gasteiger partial charge in [0.2, 0.25) is 0 Å². The highest BCUT2D eigenvalue weighted by molar-refractivity contribution is 6.30. The number of halogens is 1. The van der Waals surface area contributed by atoms with Crippen LogP contribution in [0.15, 0.2) is 42.5 Å². The summed E-state index contributed by atoms with van der Waals surface area (Å²) in [6.45, 7) is 0.515. The Morgan fingerprint density at radius 2 is 2.00 bits per heavy atom. The number of nitrogens with zero attached hydrogens (tertiary/aromatic N) is 1. The van der Waals surface area contributed by atoms with Gasteiger partial charge in [-0.1, -0.05) is 17.7 Å². The first-order valence-electron chi connectivity index (χ1n) is 8.25. The minimum Gasteiger partial charge on any atom is -0.493 e. The normalized spacial score (nSPS) is 16.0. The first kappa shape index (κ1) is 18.8. The summed E-state index contributed by atoms with van der Waals surface area (Å²) in [6, 6.07) is 11.8. The molecule has 1 saturated heterocycles. The van der Waals surface area contributed by atoms with Gasteiger partial charge in [0.25, 0.3) is 5.91 Å². The van der Waals surface area contributed by atoms with E-state index in [0.717, 1.165) is 0 Å². The van der Waals surface area contributed by atoms with Gasteiger partial charge in [-0.05, 0) is 36.4 Å². The Kier molecular flexibility index (Phi) is 5.71. The summed E-state index contributed by atoms with van der Waals surface area (Å²) >= 11 is 5.97. The van der Waals surface area contributed by atoms with E-state index < -0.39 is 12.2 Å². The molecule has 0 bridgehead atoms. The molecule has 0 aliphatic carbocycles. The monoisotopic (exact) mass is 390 g/mol. The molecule has 8 heteroatoms. The molecule has 1 unspecified atom stereocenters. The van der Waals surface area contributed by atoms with Gasteiger partial charge in [0.05, 0.1) is 27.3 Å². The maximum atomic E-state index is 12.4. The summed E-state index contributed by atoms with van der Waals surface area (Å²) in [5.74, 6) is 0.703. The molecule has 27 heavy (non-hydrogen) atoms. The van der Waals surface area contributed by atoms with Gasteiger partial charge in [-0.15, -0.1) is 0 Å². The lowest BCUT2D eigenvalue weighted by Crippen LogP contribution is -2.34. The van der Waals surface area contributed by atoms with Crippen molar-refractivity contribution in [1.29, 1.82) is 0 Å². The minimum atomic E-state index is -0.470. The number of carbonyl (C=O) groups excluding carboxylic acids is 2. The van der Waals surface area contributed by atoms with Gasteiger partial charge in [0.15, 0.2) is 11.5 Å². The Labute approximate surface area is 161 Å². The van der Waals surface area contributed by atoms with Crippen LogP contribution in [-0.2, 0) is 4.74 Å². The average molecular weight is 391 g/mol. The van der Waals surface area contributed by atoms with Crippen molar-refractivity contribution in [3.05, 3.63) is 53.1 Å². The second-order valence-corrected chi connectivity index (χ2v) is 6.31. The summed E-state index contributed by atoms with van der Waals surface area (Å²) < 4.78 is 15.7. The number of ether oxygens (including phenoxy) is 3. The first-order chi connectivity index (χ1) is 13.0. The van der Waals surface area contributed by atoms with Gasteiger partial charge in [-0.2, -0.15) is 0 Å². The van der Waals surface area contributed by atoms with Crippen molar-refractivity contribution in [2.45, 2.75) is 6.10 Å². The Morgan fingerprint density at radius 3 is 2.70 bits per heavy atom. The van der Waals surface area contributed by atoms with Crippen LogP contribution in [0.1, 0.15) is 10.4 Å². The molecule has 2 aromatic rings.